The summed E-state index contributed by atoms with van der Waals surface area (Å²) in [5, 5.41) is 3.58. The SMILES string of the molecule is Cc1ccc(CNC[C@H]2CN(C)CCN2C)c(Br)c1. The van der Waals surface area contributed by atoms with Gasteiger partial charge < -0.3 is 10.2 Å². The highest BCUT2D eigenvalue weighted by atomic mass is 79.9. The third kappa shape index (κ3) is 4.28. The van der Waals surface area contributed by atoms with Crippen LogP contribution in [0.15, 0.2) is 22.7 Å². The number of hydrogen-bond donors (Lipinski definition) is 1. The average molecular weight is 326 g/mol. The van der Waals surface area contributed by atoms with E-state index in [1.807, 2.05) is 0 Å². The van der Waals surface area contributed by atoms with E-state index in [1.165, 1.54) is 22.1 Å². The Morgan fingerprint density at radius 1 is 1.32 bits per heavy atom. The molecule has 4 heteroatoms. The molecule has 1 aromatic carbocycles. The number of nitrogens with zero attached hydrogens (tertiary/aromatic N) is 2. The van der Waals surface area contributed by atoms with Gasteiger partial charge in [0.2, 0.25) is 0 Å². The van der Waals surface area contributed by atoms with Crippen LogP contribution in [0.2, 0.25) is 0 Å². The molecular weight excluding hydrogens is 302 g/mol. The van der Waals surface area contributed by atoms with E-state index >= 15 is 0 Å². The molecule has 106 valence electrons. The van der Waals surface area contributed by atoms with E-state index in [0.717, 1.165) is 26.2 Å². The summed E-state index contributed by atoms with van der Waals surface area (Å²) in [7, 11) is 4.43. The van der Waals surface area contributed by atoms with E-state index in [4.69, 9.17) is 0 Å². The Balaban J connectivity index is 1.82. The van der Waals surface area contributed by atoms with Crippen molar-refractivity contribution in [1.82, 2.24) is 15.1 Å². The summed E-state index contributed by atoms with van der Waals surface area (Å²) in [5.41, 5.74) is 2.63. The maximum atomic E-state index is 3.64. The van der Waals surface area contributed by atoms with Crippen molar-refractivity contribution < 1.29 is 0 Å². The summed E-state index contributed by atoms with van der Waals surface area (Å²) in [6.45, 7) is 7.58. The van der Waals surface area contributed by atoms with E-state index in [2.05, 4.69) is 70.3 Å². The summed E-state index contributed by atoms with van der Waals surface area (Å²) in [6, 6.07) is 7.16. The summed E-state index contributed by atoms with van der Waals surface area (Å²) in [6.07, 6.45) is 0. The number of nitrogens with one attached hydrogen (secondary N) is 1. The van der Waals surface area contributed by atoms with Gasteiger partial charge in [-0.15, -0.1) is 0 Å². The van der Waals surface area contributed by atoms with Gasteiger partial charge in [0.15, 0.2) is 0 Å². The molecule has 1 saturated heterocycles. The summed E-state index contributed by atoms with van der Waals surface area (Å²) in [4.78, 5) is 4.87. The third-order valence-electron chi connectivity index (χ3n) is 3.88. The van der Waals surface area contributed by atoms with Crippen LogP contribution in [0.1, 0.15) is 11.1 Å². The van der Waals surface area contributed by atoms with Crippen molar-refractivity contribution in [3.05, 3.63) is 33.8 Å². The van der Waals surface area contributed by atoms with E-state index < -0.39 is 0 Å². The third-order valence-corrected chi connectivity index (χ3v) is 4.62. The van der Waals surface area contributed by atoms with E-state index in [9.17, 15) is 0 Å². The van der Waals surface area contributed by atoms with Gasteiger partial charge in [0.05, 0.1) is 0 Å². The first-order chi connectivity index (χ1) is 9.06. The molecule has 0 radical (unpaired) electrons. The van der Waals surface area contributed by atoms with Crippen LogP contribution in [0.3, 0.4) is 0 Å². The van der Waals surface area contributed by atoms with Crippen molar-refractivity contribution in [3.63, 3.8) is 0 Å². The molecule has 19 heavy (non-hydrogen) atoms. The Morgan fingerprint density at radius 3 is 2.84 bits per heavy atom. The molecule has 0 aromatic heterocycles. The fourth-order valence-corrected chi connectivity index (χ4v) is 3.12. The van der Waals surface area contributed by atoms with Crippen LogP contribution < -0.4 is 5.32 Å². The molecule has 0 unspecified atom stereocenters. The Kier molecular flexibility index (Phi) is 5.39. The molecule has 1 aliphatic rings. The lowest BCUT2D eigenvalue weighted by Crippen LogP contribution is -2.53. The number of rotatable bonds is 4. The molecule has 0 saturated carbocycles. The maximum absolute atomic E-state index is 3.64. The van der Waals surface area contributed by atoms with Crippen molar-refractivity contribution in [3.8, 4) is 0 Å². The molecule has 1 aromatic rings. The smallest absolute Gasteiger partial charge is 0.0345 e. The van der Waals surface area contributed by atoms with Gasteiger partial charge in [0, 0.05) is 43.2 Å². The zero-order valence-corrected chi connectivity index (χ0v) is 13.7. The highest BCUT2D eigenvalue weighted by Crippen LogP contribution is 2.18. The highest BCUT2D eigenvalue weighted by molar-refractivity contribution is 9.10. The second-order valence-corrected chi connectivity index (χ2v) is 6.48. The maximum Gasteiger partial charge on any atom is 0.0345 e. The fourth-order valence-electron chi connectivity index (χ4n) is 2.49. The Hall–Kier alpha value is -0.420. The Morgan fingerprint density at radius 2 is 2.11 bits per heavy atom. The van der Waals surface area contributed by atoms with E-state index in [0.29, 0.717) is 6.04 Å². The monoisotopic (exact) mass is 325 g/mol. The largest absolute Gasteiger partial charge is 0.311 e. The lowest BCUT2D eigenvalue weighted by molar-refractivity contribution is 0.113. The Bertz CT molecular complexity index is 422. The molecule has 1 aliphatic heterocycles. The van der Waals surface area contributed by atoms with Crippen LogP contribution in [0, 0.1) is 6.92 Å². The summed E-state index contributed by atoms with van der Waals surface area (Å²) in [5.74, 6) is 0. The lowest BCUT2D eigenvalue weighted by Gasteiger charge is -2.37. The van der Waals surface area contributed by atoms with Crippen molar-refractivity contribution >= 4 is 15.9 Å². The molecular formula is C15H24BrN3. The molecule has 2 rings (SSSR count). The summed E-state index contributed by atoms with van der Waals surface area (Å²) < 4.78 is 1.20. The molecule has 3 nitrogen and oxygen atoms in total. The number of benzene rings is 1. The minimum absolute atomic E-state index is 0.614. The average Bonchev–Trinajstić information content (AvgIpc) is 2.36. The molecule has 1 fully saturated rings. The minimum Gasteiger partial charge on any atom is -0.311 e. The predicted molar refractivity (Wildman–Crippen MR) is 84.5 cm³/mol. The zero-order chi connectivity index (χ0) is 13.8. The Labute approximate surface area is 125 Å². The second kappa shape index (κ2) is 6.84. The minimum atomic E-state index is 0.614. The number of aryl methyl sites for hydroxylation is 1. The van der Waals surface area contributed by atoms with Crippen molar-refractivity contribution in [2.45, 2.75) is 19.5 Å². The number of piperazine rings is 1. The van der Waals surface area contributed by atoms with Crippen LogP contribution in [-0.2, 0) is 6.54 Å². The lowest BCUT2D eigenvalue weighted by atomic mass is 10.1. The molecule has 1 atom stereocenters. The zero-order valence-electron chi connectivity index (χ0n) is 12.1. The van der Waals surface area contributed by atoms with Gasteiger partial charge in [0.1, 0.15) is 0 Å². The van der Waals surface area contributed by atoms with Crippen LogP contribution >= 0.6 is 15.9 Å². The van der Waals surface area contributed by atoms with E-state index in [-0.39, 0.29) is 0 Å². The molecule has 0 aliphatic carbocycles. The van der Waals surface area contributed by atoms with Crippen LogP contribution in [0.5, 0.6) is 0 Å². The molecule has 1 heterocycles. The quantitative estimate of drug-likeness (QED) is 0.914. The van der Waals surface area contributed by atoms with Crippen molar-refractivity contribution in [2.75, 3.05) is 40.3 Å². The van der Waals surface area contributed by atoms with Crippen LogP contribution in [-0.4, -0.2) is 56.1 Å². The first-order valence-corrected chi connectivity index (χ1v) is 7.70. The van der Waals surface area contributed by atoms with Gasteiger partial charge in [0.25, 0.3) is 0 Å². The van der Waals surface area contributed by atoms with Crippen molar-refractivity contribution in [2.24, 2.45) is 0 Å². The van der Waals surface area contributed by atoms with Crippen molar-refractivity contribution in [1.29, 1.82) is 0 Å². The standard InChI is InChI=1S/C15H24BrN3/c1-12-4-5-13(15(16)8-12)9-17-10-14-11-18(2)6-7-19(14)3/h4-5,8,14,17H,6-7,9-11H2,1-3H3/t14-/m0/s1. The topological polar surface area (TPSA) is 18.5 Å². The van der Waals surface area contributed by atoms with Gasteiger partial charge in [-0.1, -0.05) is 28.1 Å². The molecule has 0 spiro atoms. The number of halogens is 1. The highest BCUT2D eigenvalue weighted by Gasteiger charge is 2.21. The molecule has 0 bridgehead atoms. The van der Waals surface area contributed by atoms with Gasteiger partial charge in [-0.2, -0.15) is 0 Å². The van der Waals surface area contributed by atoms with Crippen LogP contribution in [0.4, 0.5) is 0 Å². The number of likely N-dealkylation sites (N-methyl/N-ethyl adjacent to an activating group) is 2. The van der Waals surface area contributed by atoms with Crippen LogP contribution in [0.25, 0.3) is 0 Å². The predicted octanol–water partition coefficient (Wildman–Crippen LogP) is 2.09. The van der Waals surface area contributed by atoms with Gasteiger partial charge in [-0.05, 0) is 38.2 Å². The first-order valence-electron chi connectivity index (χ1n) is 6.91. The van der Waals surface area contributed by atoms with E-state index in [1.54, 1.807) is 0 Å². The first kappa shape index (κ1) is 15.0. The molecule has 0 amide bonds. The number of hydrogen-bond acceptors (Lipinski definition) is 3. The summed E-state index contributed by atoms with van der Waals surface area (Å²) >= 11 is 3.64. The second-order valence-electron chi connectivity index (χ2n) is 5.62. The van der Waals surface area contributed by atoms with Gasteiger partial charge >= 0.3 is 0 Å². The van der Waals surface area contributed by atoms with Gasteiger partial charge in [-0.3, -0.25) is 4.90 Å². The normalized spacial score (nSPS) is 21.8. The fraction of sp³-hybridized carbons (Fsp3) is 0.600. The van der Waals surface area contributed by atoms with Gasteiger partial charge in [-0.25, -0.2) is 0 Å². The molecule has 1 N–H and O–H groups in total.